The van der Waals surface area contributed by atoms with E-state index >= 15 is 0 Å². The van der Waals surface area contributed by atoms with Crippen LogP contribution in [0.3, 0.4) is 0 Å². The quantitative estimate of drug-likeness (QED) is 0.719. The monoisotopic (exact) mass is 351 g/mol. The number of benzene rings is 2. The molecule has 1 saturated heterocycles. The Bertz CT molecular complexity index is 1040. The Balaban J connectivity index is 1.48. The minimum atomic E-state index is -0.950. The first-order valence-corrected chi connectivity index (χ1v) is 8.35. The van der Waals surface area contributed by atoms with E-state index in [9.17, 15) is 14.0 Å². The van der Waals surface area contributed by atoms with Crippen LogP contribution in [0.2, 0.25) is 0 Å². The van der Waals surface area contributed by atoms with Gasteiger partial charge in [0.1, 0.15) is 16.7 Å². The molecule has 1 saturated carbocycles. The highest BCUT2D eigenvalue weighted by molar-refractivity contribution is 6.25. The Hall–Kier alpha value is -3.22. The number of carbonyl (C=O) groups excluding carboxylic acids is 2. The second-order valence-electron chi connectivity index (χ2n) is 6.79. The highest BCUT2D eigenvalue weighted by atomic mass is 19.1. The van der Waals surface area contributed by atoms with Gasteiger partial charge in [-0.2, -0.15) is 0 Å². The summed E-state index contributed by atoms with van der Waals surface area (Å²) in [5.41, 5.74) is 0.377. The Morgan fingerprint density at radius 1 is 1.12 bits per heavy atom. The van der Waals surface area contributed by atoms with Crippen LogP contribution >= 0.6 is 0 Å². The third-order valence-corrected chi connectivity index (χ3v) is 5.26. The zero-order valence-corrected chi connectivity index (χ0v) is 13.6. The fourth-order valence-electron chi connectivity index (χ4n) is 3.92. The summed E-state index contributed by atoms with van der Waals surface area (Å²) in [4.78, 5) is 26.4. The number of urea groups is 1. The number of imide groups is 1. The summed E-state index contributed by atoms with van der Waals surface area (Å²) in [5, 5.41) is 6.58. The molecule has 2 heterocycles. The number of carbonyl (C=O) groups is 2. The molecule has 3 aromatic rings. The molecular weight excluding hydrogens is 337 g/mol. The molecule has 26 heavy (non-hydrogen) atoms. The van der Waals surface area contributed by atoms with Crippen molar-refractivity contribution in [3.8, 4) is 0 Å². The van der Waals surface area contributed by atoms with Crippen molar-refractivity contribution in [2.24, 2.45) is 0 Å². The molecule has 0 atom stereocenters. The molecule has 0 unspecified atom stereocenters. The summed E-state index contributed by atoms with van der Waals surface area (Å²) in [6, 6.07) is 13.5. The maximum absolute atomic E-state index is 14.2. The normalized spacial score (nSPS) is 25.0. The number of aromatic nitrogens is 1. The molecule has 2 aromatic carbocycles. The molecular formula is C19H14FN3O3. The van der Waals surface area contributed by atoms with Crippen LogP contribution < -0.4 is 10.2 Å². The van der Waals surface area contributed by atoms with Gasteiger partial charge in [0.2, 0.25) is 0 Å². The SMILES string of the molecule is O=C1NC2(CC(c3ccccc3)C2)C(=O)N1c1noc2cccc(F)c12. The lowest BCUT2D eigenvalue weighted by Crippen LogP contribution is -2.56. The Kier molecular flexibility index (Phi) is 2.98. The van der Waals surface area contributed by atoms with Crippen LogP contribution in [0.15, 0.2) is 53.1 Å². The number of fused-ring (bicyclic) bond motifs is 1. The maximum Gasteiger partial charge on any atom is 0.331 e. The van der Waals surface area contributed by atoms with E-state index in [-0.39, 0.29) is 22.7 Å². The third kappa shape index (κ3) is 1.94. The van der Waals surface area contributed by atoms with Crippen molar-refractivity contribution < 1.29 is 18.5 Å². The Morgan fingerprint density at radius 2 is 1.88 bits per heavy atom. The topological polar surface area (TPSA) is 75.4 Å². The molecule has 1 N–H and O–H groups in total. The van der Waals surface area contributed by atoms with Crippen LogP contribution in [0.1, 0.15) is 24.3 Å². The molecule has 3 amide bonds. The Morgan fingerprint density at radius 3 is 2.65 bits per heavy atom. The maximum atomic E-state index is 14.2. The molecule has 0 radical (unpaired) electrons. The second-order valence-corrected chi connectivity index (χ2v) is 6.79. The molecule has 6 nitrogen and oxygen atoms in total. The van der Waals surface area contributed by atoms with Gasteiger partial charge >= 0.3 is 6.03 Å². The van der Waals surface area contributed by atoms with Crippen LogP contribution in [-0.4, -0.2) is 22.6 Å². The van der Waals surface area contributed by atoms with Crippen LogP contribution in [0, 0.1) is 5.82 Å². The summed E-state index contributed by atoms with van der Waals surface area (Å²) >= 11 is 0. The summed E-state index contributed by atoms with van der Waals surface area (Å²) in [6.07, 6.45) is 1.02. The molecule has 2 aliphatic rings. The molecule has 0 bridgehead atoms. The largest absolute Gasteiger partial charge is 0.354 e. The predicted octanol–water partition coefficient (Wildman–Crippen LogP) is 3.34. The lowest BCUT2D eigenvalue weighted by Gasteiger charge is -2.42. The average molecular weight is 351 g/mol. The van der Waals surface area contributed by atoms with Crippen LogP contribution in [0.4, 0.5) is 15.0 Å². The van der Waals surface area contributed by atoms with Crippen molar-refractivity contribution in [3.05, 3.63) is 59.9 Å². The van der Waals surface area contributed by atoms with E-state index in [2.05, 4.69) is 10.5 Å². The first-order chi connectivity index (χ1) is 12.6. The van der Waals surface area contributed by atoms with Crippen molar-refractivity contribution >= 4 is 28.7 Å². The number of hydrogen-bond acceptors (Lipinski definition) is 4. The first-order valence-electron chi connectivity index (χ1n) is 8.35. The molecule has 1 aliphatic heterocycles. The van der Waals surface area contributed by atoms with Crippen LogP contribution in [-0.2, 0) is 4.79 Å². The van der Waals surface area contributed by atoms with E-state index in [1.54, 1.807) is 0 Å². The standard InChI is InChI=1S/C19H14FN3O3/c20-13-7-4-8-14-15(13)16(22-26-14)23-17(24)19(21-18(23)25)9-12(10-19)11-5-2-1-3-6-11/h1-8,12H,9-10H2,(H,21,25). The summed E-state index contributed by atoms with van der Waals surface area (Å²) in [5.74, 6) is -0.893. The number of anilines is 1. The Labute approximate surface area is 147 Å². The smallest absolute Gasteiger partial charge is 0.331 e. The van der Waals surface area contributed by atoms with Gasteiger partial charge in [-0.1, -0.05) is 41.6 Å². The summed E-state index contributed by atoms with van der Waals surface area (Å²) < 4.78 is 19.3. The third-order valence-electron chi connectivity index (χ3n) is 5.26. The van der Waals surface area contributed by atoms with Gasteiger partial charge in [-0.05, 0) is 36.5 Å². The van der Waals surface area contributed by atoms with Crippen molar-refractivity contribution in [2.75, 3.05) is 4.90 Å². The van der Waals surface area contributed by atoms with Gasteiger partial charge < -0.3 is 9.84 Å². The van der Waals surface area contributed by atoms with Gasteiger partial charge in [-0.15, -0.1) is 0 Å². The second kappa shape index (κ2) is 5.14. The molecule has 7 heteroatoms. The first kappa shape index (κ1) is 15.1. The number of amides is 3. The summed E-state index contributed by atoms with van der Waals surface area (Å²) in [6.45, 7) is 0. The number of nitrogens with one attached hydrogen (secondary N) is 1. The van der Waals surface area contributed by atoms with E-state index < -0.39 is 23.3 Å². The van der Waals surface area contributed by atoms with Gasteiger partial charge in [0.25, 0.3) is 5.91 Å². The molecule has 2 fully saturated rings. The van der Waals surface area contributed by atoms with E-state index in [1.807, 2.05) is 30.3 Å². The molecule has 130 valence electrons. The van der Waals surface area contributed by atoms with E-state index in [4.69, 9.17) is 4.52 Å². The minimum Gasteiger partial charge on any atom is -0.354 e. The van der Waals surface area contributed by atoms with Crippen molar-refractivity contribution in [3.63, 3.8) is 0 Å². The van der Waals surface area contributed by atoms with Gasteiger partial charge in [-0.25, -0.2) is 14.1 Å². The molecule has 5 rings (SSSR count). The highest BCUT2D eigenvalue weighted by Crippen LogP contribution is 2.48. The van der Waals surface area contributed by atoms with Crippen LogP contribution in [0.25, 0.3) is 11.0 Å². The average Bonchev–Trinajstić information content (AvgIpc) is 3.14. The van der Waals surface area contributed by atoms with Gasteiger partial charge in [0.05, 0.1) is 0 Å². The lowest BCUT2D eigenvalue weighted by atomic mass is 9.65. The van der Waals surface area contributed by atoms with Gasteiger partial charge in [0.15, 0.2) is 11.4 Å². The molecule has 1 aliphatic carbocycles. The molecule has 1 aromatic heterocycles. The lowest BCUT2D eigenvalue weighted by molar-refractivity contribution is -0.125. The number of nitrogens with zero attached hydrogens (tertiary/aromatic N) is 2. The van der Waals surface area contributed by atoms with E-state index in [0.717, 1.165) is 10.5 Å². The summed E-state index contributed by atoms with van der Waals surface area (Å²) in [7, 11) is 0. The van der Waals surface area contributed by atoms with E-state index in [0.29, 0.717) is 12.8 Å². The van der Waals surface area contributed by atoms with Crippen LogP contribution in [0.5, 0.6) is 0 Å². The fraction of sp³-hybridized carbons (Fsp3) is 0.211. The predicted molar refractivity (Wildman–Crippen MR) is 91.1 cm³/mol. The zero-order chi connectivity index (χ0) is 17.9. The highest BCUT2D eigenvalue weighted by Gasteiger charge is 2.60. The minimum absolute atomic E-state index is 0.0342. The number of halogens is 1. The van der Waals surface area contributed by atoms with Gasteiger partial charge in [0, 0.05) is 0 Å². The van der Waals surface area contributed by atoms with Crippen molar-refractivity contribution in [1.82, 2.24) is 10.5 Å². The number of rotatable bonds is 2. The molecule has 1 spiro atoms. The van der Waals surface area contributed by atoms with E-state index in [1.165, 1.54) is 18.2 Å². The van der Waals surface area contributed by atoms with Crippen molar-refractivity contribution in [1.29, 1.82) is 0 Å². The zero-order valence-electron chi connectivity index (χ0n) is 13.6. The fourth-order valence-corrected chi connectivity index (χ4v) is 3.92. The van der Waals surface area contributed by atoms with Crippen molar-refractivity contribution in [2.45, 2.75) is 24.3 Å². The van der Waals surface area contributed by atoms with Gasteiger partial charge in [-0.3, -0.25) is 4.79 Å². The number of hydrogen-bond donors (Lipinski definition) is 1.